The normalized spacial score (nSPS) is 20.0. The third kappa shape index (κ3) is 7.67. The van der Waals surface area contributed by atoms with Crippen LogP contribution in [-0.2, 0) is 17.8 Å². The number of halogens is 7. The minimum Gasteiger partial charge on any atom is -0.471 e. The van der Waals surface area contributed by atoms with Crippen LogP contribution in [0.4, 0.5) is 33.5 Å². The quantitative estimate of drug-likeness (QED) is 0.266. The molecule has 2 aromatic rings. The molecule has 2 saturated carbocycles. The van der Waals surface area contributed by atoms with Gasteiger partial charge in [0.15, 0.2) is 12.4 Å². The fourth-order valence-electron chi connectivity index (χ4n) is 5.08. The molecule has 232 valence electrons. The summed E-state index contributed by atoms with van der Waals surface area (Å²) >= 11 is 13.0. The Balaban J connectivity index is 1.30. The molecule has 0 atom stereocenters. The highest BCUT2D eigenvalue weighted by Crippen LogP contribution is 2.39. The third-order valence-electron chi connectivity index (χ3n) is 7.60. The molecule has 0 bridgehead atoms. The van der Waals surface area contributed by atoms with Crippen LogP contribution in [0.3, 0.4) is 0 Å². The van der Waals surface area contributed by atoms with E-state index in [0.717, 1.165) is 12.8 Å². The van der Waals surface area contributed by atoms with Crippen molar-refractivity contribution in [2.75, 3.05) is 11.9 Å². The van der Waals surface area contributed by atoms with Gasteiger partial charge < -0.3 is 20.7 Å². The fraction of sp³-hybridized carbons (Fsp3) is 0.500. The maximum absolute atomic E-state index is 13.2. The standard InChI is InChI=1S/C28H28Cl2F5N5O3/c29-19-8-3-14(11-36-25(41)13-1-2-13)22(30)23(19)38-21-10-15-9-18(27(40-24(15)39-21)43-12-20(31)32)26(42)37-17-6-4-16(5-7-17)28(33,34)35/h3,8-9,13,16-17,20H,1-2,4-7,10-12H2,(H,36,41)(H,37,42)(H,38,39,40). The highest BCUT2D eigenvalue weighted by atomic mass is 35.5. The van der Waals surface area contributed by atoms with Crippen LogP contribution in [0.25, 0.3) is 0 Å². The number of anilines is 1. The lowest BCUT2D eigenvalue weighted by molar-refractivity contribution is -0.182. The van der Waals surface area contributed by atoms with E-state index < -0.39 is 37.1 Å². The van der Waals surface area contributed by atoms with Crippen molar-refractivity contribution in [2.45, 2.75) is 70.1 Å². The van der Waals surface area contributed by atoms with Crippen LogP contribution >= 0.6 is 23.2 Å². The van der Waals surface area contributed by atoms with Crippen LogP contribution in [0, 0.1) is 11.8 Å². The zero-order valence-electron chi connectivity index (χ0n) is 22.7. The first-order valence-electron chi connectivity index (χ1n) is 13.8. The maximum Gasteiger partial charge on any atom is 0.391 e. The molecule has 2 amide bonds. The topological polar surface area (TPSA) is 105 Å². The van der Waals surface area contributed by atoms with E-state index in [4.69, 9.17) is 27.9 Å². The van der Waals surface area contributed by atoms with Crippen molar-refractivity contribution in [1.29, 1.82) is 0 Å². The number of alkyl halides is 5. The first-order valence-corrected chi connectivity index (χ1v) is 14.6. The summed E-state index contributed by atoms with van der Waals surface area (Å²) in [5.74, 6) is -1.99. The van der Waals surface area contributed by atoms with Gasteiger partial charge in [-0.05, 0) is 56.2 Å². The second-order valence-electron chi connectivity index (χ2n) is 10.8. The van der Waals surface area contributed by atoms with Gasteiger partial charge in [-0.2, -0.15) is 18.2 Å². The molecule has 0 unspecified atom stereocenters. The smallest absolute Gasteiger partial charge is 0.391 e. The summed E-state index contributed by atoms with van der Waals surface area (Å²) in [5.41, 5.74) is 1.33. The molecule has 1 aromatic carbocycles. The van der Waals surface area contributed by atoms with Crippen LogP contribution < -0.4 is 20.7 Å². The number of ether oxygens (including phenoxy) is 1. The number of carbonyl (C=O) groups excluding carboxylic acids is 2. The summed E-state index contributed by atoms with van der Waals surface area (Å²) in [6.45, 7) is -0.817. The SMILES string of the molecule is O=C(NC1CCC(C(F)(F)F)CC1)c1cc2c(nc1OCC(F)F)N=C(Nc1c(Cl)ccc(CNC(=O)C3CC3)c1Cl)C2. The molecule has 1 aromatic heterocycles. The van der Waals surface area contributed by atoms with E-state index in [1.165, 1.54) is 6.07 Å². The maximum atomic E-state index is 13.2. The van der Waals surface area contributed by atoms with Crippen molar-refractivity contribution in [2.24, 2.45) is 16.8 Å². The van der Waals surface area contributed by atoms with Gasteiger partial charge in [-0.3, -0.25) is 9.59 Å². The van der Waals surface area contributed by atoms with Crippen molar-refractivity contribution in [3.63, 3.8) is 0 Å². The van der Waals surface area contributed by atoms with E-state index in [-0.39, 0.29) is 77.8 Å². The number of amidine groups is 1. The first-order chi connectivity index (χ1) is 20.4. The number of rotatable bonds is 9. The number of carbonyl (C=O) groups is 2. The average molecular weight is 648 g/mol. The largest absolute Gasteiger partial charge is 0.471 e. The Bertz CT molecular complexity index is 1430. The third-order valence-corrected chi connectivity index (χ3v) is 8.35. The number of hydrogen-bond donors (Lipinski definition) is 3. The molecule has 5 rings (SSSR count). The molecule has 0 saturated heterocycles. The van der Waals surface area contributed by atoms with Gasteiger partial charge in [0.05, 0.1) is 21.7 Å². The van der Waals surface area contributed by atoms with E-state index in [0.29, 0.717) is 22.6 Å². The Morgan fingerprint density at radius 1 is 1.07 bits per heavy atom. The lowest BCUT2D eigenvalue weighted by Crippen LogP contribution is -2.40. The predicted molar refractivity (Wildman–Crippen MR) is 150 cm³/mol. The van der Waals surface area contributed by atoms with E-state index in [1.807, 2.05) is 0 Å². The van der Waals surface area contributed by atoms with E-state index in [9.17, 15) is 31.5 Å². The first kappa shape index (κ1) is 31.2. The predicted octanol–water partition coefficient (Wildman–Crippen LogP) is 6.61. The summed E-state index contributed by atoms with van der Waals surface area (Å²) in [6, 6.07) is 4.23. The van der Waals surface area contributed by atoms with Crippen molar-refractivity contribution >= 4 is 52.4 Å². The van der Waals surface area contributed by atoms with Gasteiger partial charge in [-0.15, -0.1) is 0 Å². The summed E-state index contributed by atoms with van der Waals surface area (Å²) < 4.78 is 70.1. The number of hydrogen-bond acceptors (Lipinski definition) is 6. The van der Waals surface area contributed by atoms with E-state index in [1.54, 1.807) is 12.1 Å². The minimum atomic E-state index is -4.29. The monoisotopic (exact) mass is 647 g/mol. The summed E-state index contributed by atoms with van der Waals surface area (Å²) in [4.78, 5) is 33.8. The highest BCUT2D eigenvalue weighted by Gasteiger charge is 2.41. The fourth-order valence-corrected chi connectivity index (χ4v) is 5.61. The van der Waals surface area contributed by atoms with Crippen molar-refractivity contribution in [3.05, 3.63) is 44.9 Å². The number of benzene rings is 1. The zero-order valence-corrected chi connectivity index (χ0v) is 24.2. The summed E-state index contributed by atoms with van der Waals surface area (Å²) in [6.07, 6.45) is -5.22. The van der Waals surface area contributed by atoms with Gasteiger partial charge in [0.1, 0.15) is 11.4 Å². The second kappa shape index (κ2) is 12.8. The molecule has 2 heterocycles. The number of fused-ring (bicyclic) bond motifs is 1. The zero-order chi connectivity index (χ0) is 30.9. The van der Waals surface area contributed by atoms with Crippen LogP contribution in [-0.4, -0.2) is 47.9 Å². The van der Waals surface area contributed by atoms with Crippen LogP contribution in [0.1, 0.15) is 60.0 Å². The summed E-state index contributed by atoms with van der Waals surface area (Å²) in [5, 5.41) is 9.17. The molecule has 15 heteroatoms. The molecule has 0 spiro atoms. The Labute approximate surface area is 253 Å². The molecule has 43 heavy (non-hydrogen) atoms. The molecule has 2 fully saturated rings. The van der Waals surface area contributed by atoms with Gasteiger partial charge >= 0.3 is 6.18 Å². The van der Waals surface area contributed by atoms with Crippen LogP contribution in [0.15, 0.2) is 23.2 Å². The van der Waals surface area contributed by atoms with Crippen molar-refractivity contribution in [1.82, 2.24) is 15.6 Å². The molecule has 1 aliphatic heterocycles. The van der Waals surface area contributed by atoms with Crippen molar-refractivity contribution in [3.8, 4) is 5.88 Å². The molecular formula is C28H28Cl2F5N5O3. The lowest BCUT2D eigenvalue weighted by atomic mass is 9.85. The van der Waals surface area contributed by atoms with Crippen LogP contribution in [0.2, 0.25) is 10.0 Å². The Morgan fingerprint density at radius 3 is 2.44 bits per heavy atom. The molecular weight excluding hydrogens is 620 g/mol. The van der Waals surface area contributed by atoms with Crippen molar-refractivity contribution < 1.29 is 36.3 Å². The molecule has 3 N–H and O–H groups in total. The molecule has 0 radical (unpaired) electrons. The molecule has 3 aliphatic rings. The highest BCUT2D eigenvalue weighted by molar-refractivity contribution is 6.40. The summed E-state index contributed by atoms with van der Waals surface area (Å²) in [7, 11) is 0. The number of aromatic nitrogens is 1. The number of amides is 2. The van der Waals surface area contributed by atoms with Gasteiger partial charge in [0, 0.05) is 30.5 Å². The minimum absolute atomic E-state index is 0.0356. The number of pyridine rings is 1. The Morgan fingerprint density at radius 2 is 1.79 bits per heavy atom. The van der Waals surface area contributed by atoms with Gasteiger partial charge in [0.2, 0.25) is 11.8 Å². The number of nitrogens with zero attached hydrogens (tertiary/aromatic N) is 2. The van der Waals surface area contributed by atoms with Crippen LogP contribution in [0.5, 0.6) is 5.88 Å². The Kier molecular flexibility index (Phi) is 9.31. The Hall–Kier alpha value is -3.19. The van der Waals surface area contributed by atoms with Gasteiger partial charge in [-0.1, -0.05) is 29.3 Å². The average Bonchev–Trinajstić information content (AvgIpc) is 3.73. The molecule has 8 nitrogen and oxygen atoms in total. The molecule has 2 aliphatic carbocycles. The van der Waals surface area contributed by atoms with E-state index >= 15 is 0 Å². The lowest BCUT2D eigenvalue weighted by Gasteiger charge is -2.30. The second-order valence-corrected chi connectivity index (χ2v) is 11.6. The van der Waals surface area contributed by atoms with Gasteiger partial charge in [-0.25, -0.2) is 13.8 Å². The number of nitrogens with one attached hydrogen (secondary N) is 3. The van der Waals surface area contributed by atoms with E-state index in [2.05, 4.69) is 25.9 Å². The van der Waals surface area contributed by atoms with Gasteiger partial charge in [0.25, 0.3) is 12.3 Å². The number of aliphatic imine (C=N–C) groups is 1.